The van der Waals surface area contributed by atoms with Gasteiger partial charge in [-0.05, 0) is 56.0 Å². The van der Waals surface area contributed by atoms with Crippen molar-refractivity contribution >= 4 is 22.7 Å². The highest BCUT2D eigenvalue weighted by Crippen LogP contribution is 2.36. The van der Waals surface area contributed by atoms with Gasteiger partial charge in [0.25, 0.3) is 0 Å². The number of likely N-dealkylation sites (tertiary alicyclic amines) is 1. The molecule has 4 N–H and O–H groups in total. The Morgan fingerprint density at radius 3 is 2.59 bits per heavy atom. The third kappa shape index (κ3) is 3.97. The minimum atomic E-state index is -4.33. The molecule has 0 aromatic carbocycles. The first-order chi connectivity index (χ1) is 12.8. The number of aliphatic imine (C=N–C) groups is 1. The molecule has 8 heteroatoms. The number of hydrogen-bond donors (Lipinski definition) is 2. The van der Waals surface area contributed by atoms with Crippen LogP contribution in [0.25, 0.3) is 5.70 Å². The molecule has 0 saturated carbocycles. The van der Waals surface area contributed by atoms with Crippen molar-refractivity contribution < 1.29 is 13.2 Å². The Hall–Kier alpha value is -1.64. The standard InChI is InChI=1S/C19H25F3N4S/c1-11-15(19(20,21)22)9-25-18(11)17-4-3-16(27-17)12(2)26-6-5-13(7-23)14(8-24)10-26/h3-4,13-14H,2,5-10,23-24H2,1H3. The number of nitrogens with zero attached hydrogens (tertiary/aromatic N) is 2. The zero-order chi connectivity index (χ0) is 19.8. The van der Waals surface area contributed by atoms with Gasteiger partial charge >= 0.3 is 6.18 Å². The second kappa shape index (κ2) is 7.77. The van der Waals surface area contributed by atoms with E-state index in [0.29, 0.717) is 30.6 Å². The first-order valence-electron chi connectivity index (χ1n) is 9.02. The molecule has 2 atom stereocenters. The van der Waals surface area contributed by atoms with Crippen LogP contribution in [0.1, 0.15) is 23.1 Å². The molecular formula is C19H25F3N4S. The van der Waals surface area contributed by atoms with E-state index in [-0.39, 0.29) is 12.1 Å². The molecule has 1 aromatic rings. The van der Waals surface area contributed by atoms with Crippen LogP contribution in [0.15, 0.2) is 34.9 Å². The Morgan fingerprint density at radius 2 is 2.00 bits per heavy atom. The van der Waals surface area contributed by atoms with Crippen LogP contribution in [0.4, 0.5) is 13.2 Å². The van der Waals surface area contributed by atoms with Gasteiger partial charge in [-0.15, -0.1) is 11.3 Å². The summed E-state index contributed by atoms with van der Waals surface area (Å²) in [5, 5.41) is 0. The summed E-state index contributed by atoms with van der Waals surface area (Å²) >= 11 is 1.43. The molecule has 2 aliphatic heterocycles. The van der Waals surface area contributed by atoms with Crippen molar-refractivity contribution in [2.75, 3.05) is 32.7 Å². The average Bonchev–Trinajstić information content (AvgIpc) is 3.26. The molecule has 0 bridgehead atoms. The van der Waals surface area contributed by atoms with Gasteiger partial charge in [-0.1, -0.05) is 6.58 Å². The molecule has 4 nitrogen and oxygen atoms in total. The van der Waals surface area contributed by atoms with E-state index in [2.05, 4.69) is 16.5 Å². The quantitative estimate of drug-likeness (QED) is 0.800. The Labute approximate surface area is 161 Å². The predicted octanol–water partition coefficient (Wildman–Crippen LogP) is 3.26. The Bertz CT molecular complexity index is 778. The van der Waals surface area contributed by atoms with Crippen LogP contribution in [0.5, 0.6) is 0 Å². The number of allylic oxidation sites excluding steroid dienone is 1. The second-order valence-electron chi connectivity index (χ2n) is 7.10. The van der Waals surface area contributed by atoms with Crippen molar-refractivity contribution in [3.05, 3.63) is 39.6 Å². The summed E-state index contributed by atoms with van der Waals surface area (Å²) in [7, 11) is 0. The van der Waals surface area contributed by atoms with Crippen LogP contribution >= 0.6 is 11.3 Å². The summed E-state index contributed by atoms with van der Waals surface area (Å²) in [6.07, 6.45) is -3.36. The Balaban J connectivity index is 1.75. The van der Waals surface area contributed by atoms with Gasteiger partial charge in [-0.25, -0.2) is 0 Å². The van der Waals surface area contributed by atoms with Crippen LogP contribution in [0.2, 0.25) is 0 Å². The van der Waals surface area contributed by atoms with Crippen LogP contribution < -0.4 is 11.5 Å². The number of rotatable bonds is 5. The normalized spacial score (nSPS) is 23.8. The minimum absolute atomic E-state index is 0.216. The smallest absolute Gasteiger partial charge is 0.371 e. The van der Waals surface area contributed by atoms with Gasteiger partial charge in [0.05, 0.1) is 27.6 Å². The highest BCUT2D eigenvalue weighted by molar-refractivity contribution is 7.15. The topological polar surface area (TPSA) is 67.6 Å². The first-order valence-corrected chi connectivity index (χ1v) is 9.84. The van der Waals surface area contributed by atoms with Gasteiger partial charge in [0, 0.05) is 18.8 Å². The van der Waals surface area contributed by atoms with Gasteiger partial charge in [0.1, 0.15) is 0 Å². The van der Waals surface area contributed by atoms with Crippen LogP contribution in [-0.4, -0.2) is 49.5 Å². The van der Waals surface area contributed by atoms with E-state index in [9.17, 15) is 13.2 Å². The minimum Gasteiger partial charge on any atom is -0.371 e. The third-order valence-corrected chi connectivity index (χ3v) is 6.69. The molecule has 1 saturated heterocycles. The third-order valence-electron chi connectivity index (χ3n) is 5.55. The Morgan fingerprint density at radius 1 is 1.30 bits per heavy atom. The van der Waals surface area contributed by atoms with Gasteiger partial charge in [0.15, 0.2) is 0 Å². The van der Waals surface area contributed by atoms with Crippen molar-refractivity contribution in [2.45, 2.75) is 19.5 Å². The molecule has 0 aliphatic carbocycles. The maximum atomic E-state index is 13.0. The molecule has 1 fully saturated rings. The van der Waals surface area contributed by atoms with E-state index in [4.69, 9.17) is 11.5 Å². The summed E-state index contributed by atoms with van der Waals surface area (Å²) in [5.41, 5.74) is 12.7. The maximum Gasteiger partial charge on any atom is 0.414 e. The lowest BCUT2D eigenvalue weighted by atomic mass is 9.85. The summed E-state index contributed by atoms with van der Waals surface area (Å²) in [4.78, 5) is 8.03. The highest BCUT2D eigenvalue weighted by atomic mass is 32.1. The largest absolute Gasteiger partial charge is 0.414 e. The van der Waals surface area contributed by atoms with E-state index in [0.717, 1.165) is 35.0 Å². The monoisotopic (exact) mass is 398 g/mol. The lowest BCUT2D eigenvalue weighted by molar-refractivity contribution is -0.0922. The molecule has 3 rings (SSSR count). The molecule has 0 spiro atoms. The number of hydrogen-bond acceptors (Lipinski definition) is 5. The highest BCUT2D eigenvalue weighted by Gasteiger charge is 2.38. The van der Waals surface area contributed by atoms with Crippen LogP contribution in [0.3, 0.4) is 0 Å². The predicted molar refractivity (Wildman–Crippen MR) is 105 cm³/mol. The van der Waals surface area contributed by atoms with Crippen molar-refractivity contribution in [1.29, 1.82) is 0 Å². The van der Waals surface area contributed by atoms with E-state index in [1.165, 1.54) is 18.3 Å². The number of piperidine rings is 1. The van der Waals surface area contributed by atoms with Crippen LogP contribution in [0, 0.1) is 11.8 Å². The van der Waals surface area contributed by atoms with Gasteiger partial charge in [0.2, 0.25) is 0 Å². The number of thiophene rings is 1. The van der Waals surface area contributed by atoms with Crippen molar-refractivity contribution in [2.24, 2.45) is 28.3 Å². The van der Waals surface area contributed by atoms with Crippen molar-refractivity contribution in [3.63, 3.8) is 0 Å². The average molecular weight is 398 g/mol. The zero-order valence-corrected chi connectivity index (χ0v) is 16.2. The van der Waals surface area contributed by atoms with E-state index in [1.54, 1.807) is 0 Å². The molecule has 0 amide bonds. The maximum absolute atomic E-state index is 13.0. The fourth-order valence-electron chi connectivity index (χ4n) is 3.78. The summed E-state index contributed by atoms with van der Waals surface area (Å²) in [6.45, 7) is 8.30. The molecule has 0 radical (unpaired) electrons. The summed E-state index contributed by atoms with van der Waals surface area (Å²) < 4.78 is 39.1. The molecular weight excluding hydrogens is 373 g/mol. The molecule has 1 aromatic heterocycles. The zero-order valence-electron chi connectivity index (χ0n) is 15.4. The molecule has 2 aliphatic rings. The molecule has 2 unspecified atom stereocenters. The first kappa shape index (κ1) is 20.1. The van der Waals surface area contributed by atoms with E-state index >= 15 is 0 Å². The number of halogens is 3. The van der Waals surface area contributed by atoms with Crippen molar-refractivity contribution in [1.82, 2.24) is 4.90 Å². The van der Waals surface area contributed by atoms with Gasteiger partial charge in [-0.2, -0.15) is 13.2 Å². The van der Waals surface area contributed by atoms with Crippen LogP contribution in [-0.2, 0) is 0 Å². The SMILES string of the molecule is C=C(c1ccc(C2=NCC(C(F)(F)F)=C2C)s1)N1CCC(CN)C(CN)C1. The number of nitrogens with two attached hydrogens (primary N) is 2. The van der Waals surface area contributed by atoms with Gasteiger partial charge in [-0.3, -0.25) is 4.99 Å². The second-order valence-corrected chi connectivity index (χ2v) is 8.19. The molecule has 27 heavy (non-hydrogen) atoms. The number of alkyl halides is 3. The molecule has 3 heterocycles. The fourth-order valence-corrected chi connectivity index (χ4v) is 4.85. The molecule has 148 valence electrons. The summed E-state index contributed by atoms with van der Waals surface area (Å²) in [6, 6.07) is 3.75. The van der Waals surface area contributed by atoms with E-state index < -0.39 is 11.7 Å². The fraction of sp³-hybridized carbons (Fsp3) is 0.526. The lowest BCUT2D eigenvalue weighted by Crippen LogP contribution is -2.44. The Kier molecular flexibility index (Phi) is 5.79. The van der Waals surface area contributed by atoms with Crippen molar-refractivity contribution in [3.8, 4) is 0 Å². The van der Waals surface area contributed by atoms with Gasteiger partial charge < -0.3 is 16.4 Å². The lowest BCUT2D eigenvalue weighted by Gasteiger charge is -2.39. The van der Waals surface area contributed by atoms with E-state index in [1.807, 2.05) is 12.1 Å². The summed E-state index contributed by atoms with van der Waals surface area (Å²) in [5.74, 6) is 0.762.